The van der Waals surface area contributed by atoms with E-state index in [1.807, 2.05) is 35.0 Å². The molecule has 0 aliphatic carbocycles. The SMILES string of the molecule is O=C1Nc2cccc(n2)-c2nncn2CCCCOc2ccc(-n3cccn3)cc21. The molecule has 0 spiro atoms. The maximum absolute atomic E-state index is 13.1. The van der Waals surface area contributed by atoms with E-state index in [0.29, 0.717) is 35.3 Å². The summed E-state index contributed by atoms with van der Waals surface area (Å²) in [6.45, 7) is 1.26. The number of hydrogen-bond acceptors (Lipinski definition) is 6. The van der Waals surface area contributed by atoms with Crippen molar-refractivity contribution < 1.29 is 9.53 Å². The highest BCUT2D eigenvalue weighted by Crippen LogP contribution is 2.25. The Labute approximate surface area is 172 Å². The first-order valence-corrected chi connectivity index (χ1v) is 9.71. The minimum atomic E-state index is -0.304. The van der Waals surface area contributed by atoms with E-state index < -0.39 is 0 Å². The van der Waals surface area contributed by atoms with Crippen LogP contribution in [0.2, 0.25) is 0 Å². The van der Waals surface area contributed by atoms with E-state index >= 15 is 0 Å². The predicted molar refractivity (Wildman–Crippen MR) is 109 cm³/mol. The average Bonchev–Trinajstić information content (AvgIpc) is 3.45. The average molecular weight is 401 g/mol. The summed E-state index contributed by atoms with van der Waals surface area (Å²) in [5.41, 5.74) is 1.85. The number of hydrogen-bond donors (Lipinski definition) is 1. The van der Waals surface area contributed by atoms with E-state index in [-0.39, 0.29) is 5.91 Å². The summed E-state index contributed by atoms with van der Waals surface area (Å²) >= 11 is 0. The zero-order chi connectivity index (χ0) is 20.3. The summed E-state index contributed by atoms with van der Waals surface area (Å²) in [7, 11) is 0. The van der Waals surface area contributed by atoms with Gasteiger partial charge in [-0.15, -0.1) is 10.2 Å². The molecule has 0 fully saturated rings. The van der Waals surface area contributed by atoms with E-state index in [4.69, 9.17) is 4.74 Å². The molecule has 1 N–H and O–H groups in total. The van der Waals surface area contributed by atoms with Gasteiger partial charge in [-0.25, -0.2) is 9.67 Å². The minimum Gasteiger partial charge on any atom is -0.493 e. The predicted octanol–water partition coefficient (Wildman–Crippen LogP) is 2.95. The Balaban J connectivity index is 1.54. The number of rotatable bonds is 1. The molecule has 2 bridgehead atoms. The zero-order valence-electron chi connectivity index (χ0n) is 16.1. The van der Waals surface area contributed by atoms with Gasteiger partial charge in [-0.2, -0.15) is 5.10 Å². The van der Waals surface area contributed by atoms with Crippen LogP contribution in [-0.4, -0.2) is 42.0 Å². The van der Waals surface area contributed by atoms with Crippen LogP contribution in [0.15, 0.2) is 61.2 Å². The molecule has 4 aromatic rings. The number of nitrogens with zero attached hydrogens (tertiary/aromatic N) is 6. The molecule has 4 heterocycles. The van der Waals surface area contributed by atoms with Crippen molar-refractivity contribution in [2.24, 2.45) is 0 Å². The van der Waals surface area contributed by atoms with Gasteiger partial charge in [0.1, 0.15) is 23.6 Å². The van der Waals surface area contributed by atoms with E-state index in [1.54, 1.807) is 35.4 Å². The van der Waals surface area contributed by atoms with Crippen LogP contribution in [0.4, 0.5) is 5.82 Å². The highest BCUT2D eigenvalue weighted by molar-refractivity contribution is 6.06. The molecule has 1 aliphatic heterocycles. The Morgan fingerprint density at radius 2 is 2.07 bits per heavy atom. The molecule has 0 saturated carbocycles. The quantitative estimate of drug-likeness (QED) is 0.526. The zero-order valence-corrected chi connectivity index (χ0v) is 16.1. The standard InChI is InChI=1S/C21H19N7O2/c29-21-16-13-15(28-11-4-9-23-28)7-8-18(16)30-12-2-1-10-27-14-22-26-20(27)17-5-3-6-19(24-17)25-21/h3-9,11,13-14H,1-2,10,12H2,(H,24,25,29). The van der Waals surface area contributed by atoms with Crippen molar-refractivity contribution in [2.75, 3.05) is 11.9 Å². The van der Waals surface area contributed by atoms with E-state index in [1.165, 1.54) is 0 Å². The van der Waals surface area contributed by atoms with Crippen LogP contribution in [0.1, 0.15) is 23.2 Å². The van der Waals surface area contributed by atoms with E-state index in [2.05, 4.69) is 25.6 Å². The van der Waals surface area contributed by atoms with Gasteiger partial charge in [0.25, 0.3) is 5.91 Å². The Bertz CT molecular complexity index is 1180. The minimum absolute atomic E-state index is 0.304. The van der Waals surface area contributed by atoms with E-state index in [9.17, 15) is 4.79 Å². The molecule has 150 valence electrons. The largest absolute Gasteiger partial charge is 0.493 e. The number of nitrogens with one attached hydrogen (secondary N) is 1. The van der Waals surface area contributed by atoms with Crippen molar-refractivity contribution in [1.82, 2.24) is 29.5 Å². The van der Waals surface area contributed by atoms with Crippen LogP contribution < -0.4 is 10.1 Å². The summed E-state index contributed by atoms with van der Waals surface area (Å²) < 4.78 is 9.61. The second-order valence-corrected chi connectivity index (χ2v) is 6.90. The van der Waals surface area contributed by atoms with Gasteiger partial charge >= 0.3 is 0 Å². The maximum Gasteiger partial charge on any atom is 0.260 e. The number of pyridine rings is 1. The maximum atomic E-state index is 13.1. The summed E-state index contributed by atoms with van der Waals surface area (Å²) in [6, 6.07) is 12.7. The van der Waals surface area contributed by atoms with E-state index in [0.717, 1.165) is 25.1 Å². The fourth-order valence-corrected chi connectivity index (χ4v) is 3.38. The van der Waals surface area contributed by atoms with Gasteiger partial charge in [-0.3, -0.25) is 4.79 Å². The molecule has 3 aromatic heterocycles. The molecule has 0 radical (unpaired) electrons. The molecule has 1 aromatic carbocycles. The number of ether oxygens (including phenoxy) is 1. The number of anilines is 1. The fourth-order valence-electron chi connectivity index (χ4n) is 3.38. The van der Waals surface area contributed by atoms with Crippen LogP contribution in [-0.2, 0) is 6.54 Å². The van der Waals surface area contributed by atoms with Gasteiger partial charge in [0.15, 0.2) is 5.82 Å². The second kappa shape index (κ2) is 7.78. The number of fused-ring (bicyclic) bond motifs is 5. The van der Waals surface area contributed by atoms with Crippen molar-refractivity contribution in [2.45, 2.75) is 19.4 Å². The third-order valence-electron chi connectivity index (χ3n) is 4.86. The highest BCUT2D eigenvalue weighted by Gasteiger charge is 2.17. The third kappa shape index (κ3) is 3.52. The summed E-state index contributed by atoms with van der Waals surface area (Å²) in [5, 5.41) is 15.3. The first-order chi connectivity index (χ1) is 14.8. The fraction of sp³-hybridized carbons (Fsp3) is 0.190. The monoisotopic (exact) mass is 401 g/mol. The molecule has 1 amide bonds. The number of aromatic nitrogens is 6. The number of aryl methyl sites for hydroxylation is 1. The van der Waals surface area contributed by atoms with Crippen LogP contribution in [0.5, 0.6) is 5.75 Å². The molecule has 0 saturated heterocycles. The lowest BCUT2D eigenvalue weighted by atomic mass is 10.1. The number of carbonyl (C=O) groups excluding carboxylic acids is 1. The number of amides is 1. The molecular weight excluding hydrogens is 382 g/mol. The van der Waals surface area contributed by atoms with Crippen LogP contribution in [0.3, 0.4) is 0 Å². The van der Waals surface area contributed by atoms with Crippen molar-refractivity contribution >= 4 is 11.7 Å². The normalized spacial score (nSPS) is 14.1. The second-order valence-electron chi connectivity index (χ2n) is 6.90. The summed E-state index contributed by atoms with van der Waals surface area (Å²) in [5.74, 6) is 1.33. The summed E-state index contributed by atoms with van der Waals surface area (Å²) in [4.78, 5) is 17.7. The molecule has 30 heavy (non-hydrogen) atoms. The third-order valence-corrected chi connectivity index (χ3v) is 4.86. The van der Waals surface area contributed by atoms with Crippen LogP contribution in [0, 0.1) is 0 Å². The van der Waals surface area contributed by atoms with Crippen molar-refractivity contribution in [3.05, 3.63) is 66.7 Å². The van der Waals surface area contributed by atoms with Gasteiger partial charge in [-0.1, -0.05) is 6.07 Å². The molecular formula is C21H19N7O2. The van der Waals surface area contributed by atoms with Crippen LogP contribution >= 0.6 is 0 Å². The van der Waals surface area contributed by atoms with Crippen molar-refractivity contribution in [3.63, 3.8) is 0 Å². The lowest BCUT2D eigenvalue weighted by molar-refractivity contribution is 0.102. The number of carbonyl (C=O) groups is 1. The first-order valence-electron chi connectivity index (χ1n) is 9.71. The molecule has 0 unspecified atom stereocenters. The lowest BCUT2D eigenvalue weighted by Crippen LogP contribution is -2.16. The molecule has 0 atom stereocenters. The molecule has 1 aliphatic rings. The summed E-state index contributed by atoms with van der Waals surface area (Å²) in [6.07, 6.45) is 6.92. The topological polar surface area (TPSA) is 99.8 Å². The molecule has 5 rings (SSSR count). The smallest absolute Gasteiger partial charge is 0.260 e. The van der Waals surface area contributed by atoms with Gasteiger partial charge < -0.3 is 14.6 Å². The van der Waals surface area contributed by atoms with Gasteiger partial charge in [0, 0.05) is 18.9 Å². The molecule has 9 heteroatoms. The Morgan fingerprint density at radius 3 is 2.97 bits per heavy atom. The number of benzene rings is 1. The van der Waals surface area contributed by atoms with Crippen molar-refractivity contribution in [3.8, 4) is 23.0 Å². The molecule has 9 nitrogen and oxygen atoms in total. The van der Waals surface area contributed by atoms with Gasteiger partial charge in [0.2, 0.25) is 0 Å². The first kappa shape index (κ1) is 18.0. The van der Waals surface area contributed by atoms with Crippen LogP contribution in [0.25, 0.3) is 17.2 Å². The van der Waals surface area contributed by atoms with Crippen molar-refractivity contribution in [1.29, 1.82) is 0 Å². The lowest BCUT2D eigenvalue weighted by Gasteiger charge is -2.15. The highest BCUT2D eigenvalue weighted by atomic mass is 16.5. The Kier molecular flexibility index (Phi) is 4.68. The van der Waals surface area contributed by atoms with Gasteiger partial charge in [0.05, 0.1) is 17.9 Å². The Morgan fingerprint density at radius 1 is 1.10 bits per heavy atom. The van der Waals surface area contributed by atoms with Gasteiger partial charge in [-0.05, 0) is 49.2 Å². The Hall–Kier alpha value is -4.01.